The Hall–Kier alpha value is -2.95. The summed E-state index contributed by atoms with van der Waals surface area (Å²) in [6.45, 7) is 0.334. The molecule has 0 amide bonds. The van der Waals surface area contributed by atoms with Crippen LogP contribution in [-0.4, -0.2) is 28.4 Å². The van der Waals surface area contributed by atoms with Gasteiger partial charge in [0.1, 0.15) is 5.75 Å². The smallest absolute Gasteiger partial charge is 0.303 e. The molecule has 0 aliphatic rings. The van der Waals surface area contributed by atoms with E-state index in [1.165, 1.54) is 6.08 Å². The Kier molecular flexibility index (Phi) is 6.06. The molecule has 0 aliphatic carbocycles. The zero-order valence-corrected chi connectivity index (χ0v) is 12.5. The molecule has 0 saturated heterocycles. The molecular weight excluding hydrogens is 294 g/mol. The molecule has 0 radical (unpaired) electrons. The van der Waals surface area contributed by atoms with Crippen molar-refractivity contribution >= 4 is 17.8 Å². The molecule has 0 atom stereocenters. The van der Waals surface area contributed by atoms with Crippen LogP contribution in [0.5, 0.6) is 5.75 Å². The van der Waals surface area contributed by atoms with E-state index in [1.54, 1.807) is 48.8 Å². The van der Waals surface area contributed by atoms with Gasteiger partial charge in [-0.3, -0.25) is 14.6 Å². The second kappa shape index (κ2) is 8.48. The van der Waals surface area contributed by atoms with Crippen LogP contribution in [0.25, 0.3) is 6.08 Å². The minimum atomic E-state index is -0.838. The van der Waals surface area contributed by atoms with Gasteiger partial charge in [0.2, 0.25) is 0 Å². The van der Waals surface area contributed by atoms with E-state index >= 15 is 0 Å². The van der Waals surface area contributed by atoms with Gasteiger partial charge in [0.05, 0.1) is 6.61 Å². The molecule has 2 rings (SSSR count). The van der Waals surface area contributed by atoms with Crippen molar-refractivity contribution in [3.05, 3.63) is 66.0 Å². The first-order valence-corrected chi connectivity index (χ1v) is 7.22. The number of nitrogens with zero attached hydrogens (tertiary/aromatic N) is 1. The highest BCUT2D eigenvalue weighted by Crippen LogP contribution is 2.14. The molecule has 0 aliphatic heterocycles. The molecule has 0 bridgehead atoms. The summed E-state index contributed by atoms with van der Waals surface area (Å²) in [5.41, 5.74) is 1.42. The predicted octanol–water partition coefficient (Wildman–Crippen LogP) is 3.22. The van der Waals surface area contributed by atoms with Crippen molar-refractivity contribution < 1.29 is 19.4 Å². The number of hydrogen-bond donors (Lipinski definition) is 1. The summed E-state index contributed by atoms with van der Waals surface area (Å²) in [7, 11) is 0. The summed E-state index contributed by atoms with van der Waals surface area (Å²) < 4.78 is 5.42. The van der Waals surface area contributed by atoms with Crippen molar-refractivity contribution in [3.63, 3.8) is 0 Å². The lowest BCUT2D eigenvalue weighted by Crippen LogP contribution is -2.02. The molecule has 5 nitrogen and oxygen atoms in total. The Morgan fingerprint density at radius 3 is 2.61 bits per heavy atom. The van der Waals surface area contributed by atoms with Gasteiger partial charge >= 0.3 is 5.97 Å². The topological polar surface area (TPSA) is 76.5 Å². The highest BCUT2D eigenvalue weighted by molar-refractivity contribution is 6.06. The number of ether oxygens (including phenoxy) is 1. The predicted molar refractivity (Wildman–Crippen MR) is 86.4 cm³/mol. The molecule has 0 fully saturated rings. The van der Waals surface area contributed by atoms with Gasteiger partial charge in [-0.25, -0.2) is 0 Å². The number of pyridine rings is 1. The van der Waals surface area contributed by atoms with Crippen molar-refractivity contribution in [2.24, 2.45) is 0 Å². The van der Waals surface area contributed by atoms with Crippen LogP contribution in [0.4, 0.5) is 0 Å². The van der Waals surface area contributed by atoms with Crippen LogP contribution < -0.4 is 4.74 Å². The number of rotatable bonds is 8. The quantitative estimate of drug-likeness (QED) is 0.460. The molecule has 2 aromatic rings. The number of aromatic nitrogens is 1. The molecule has 0 saturated carbocycles. The summed E-state index contributed by atoms with van der Waals surface area (Å²) in [5, 5.41) is 8.54. The Bertz CT molecular complexity index is 678. The van der Waals surface area contributed by atoms with E-state index in [-0.39, 0.29) is 12.2 Å². The van der Waals surface area contributed by atoms with Crippen LogP contribution in [0.15, 0.2) is 54.9 Å². The molecule has 23 heavy (non-hydrogen) atoms. The van der Waals surface area contributed by atoms with E-state index in [2.05, 4.69) is 4.98 Å². The number of carbonyl (C=O) groups excluding carboxylic acids is 1. The summed E-state index contributed by atoms with van der Waals surface area (Å²) in [6.07, 6.45) is 7.09. The first kappa shape index (κ1) is 16.4. The lowest BCUT2D eigenvalue weighted by Gasteiger charge is -2.05. The first-order valence-electron chi connectivity index (χ1n) is 7.22. The molecule has 1 aromatic carbocycles. The number of aliphatic carboxylic acids is 1. The summed E-state index contributed by atoms with van der Waals surface area (Å²) in [5.74, 6) is -0.329. The van der Waals surface area contributed by atoms with E-state index in [0.29, 0.717) is 24.3 Å². The Morgan fingerprint density at radius 1 is 1.17 bits per heavy atom. The van der Waals surface area contributed by atoms with Crippen LogP contribution >= 0.6 is 0 Å². The molecule has 118 valence electrons. The largest absolute Gasteiger partial charge is 0.494 e. The number of allylic oxidation sites excluding steroid dienone is 1. The number of benzene rings is 1. The third-order valence-electron chi connectivity index (χ3n) is 3.05. The fourth-order valence-corrected chi connectivity index (χ4v) is 1.87. The fourth-order valence-electron chi connectivity index (χ4n) is 1.87. The fraction of sp³-hybridized carbons (Fsp3) is 0.167. The highest BCUT2D eigenvalue weighted by atomic mass is 16.5. The minimum Gasteiger partial charge on any atom is -0.494 e. The number of ketones is 1. The molecule has 0 spiro atoms. The highest BCUT2D eigenvalue weighted by Gasteiger charge is 2.03. The average Bonchev–Trinajstić information content (AvgIpc) is 2.58. The van der Waals surface area contributed by atoms with Gasteiger partial charge in [0.15, 0.2) is 5.78 Å². The zero-order chi connectivity index (χ0) is 16.5. The van der Waals surface area contributed by atoms with Crippen LogP contribution in [0.1, 0.15) is 28.8 Å². The second-order valence-corrected chi connectivity index (χ2v) is 4.85. The maximum atomic E-state index is 12.1. The zero-order valence-electron chi connectivity index (χ0n) is 12.5. The number of carboxylic acid groups (broad SMARTS) is 1. The first-order chi connectivity index (χ1) is 11.1. The van der Waals surface area contributed by atoms with Gasteiger partial charge in [-0.2, -0.15) is 0 Å². The van der Waals surface area contributed by atoms with Gasteiger partial charge in [-0.1, -0.05) is 6.07 Å². The Balaban J connectivity index is 1.87. The second-order valence-electron chi connectivity index (χ2n) is 4.85. The van der Waals surface area contributed by atoms with E-state index in [4.69, 9.17) is 9.84 Å². The minimum absolute atomic E-state index is 0.0791. The average molecular weight is 311 g/mol. The van der Waals surface area contributed by atoms with Gasteiger partial charge in [0, 0.05) is 24.4 Å². The number of carboxylic acids is 1. The monoisotopic (exact) mass is 311 g/mol. The maximum Gasteiger partial charge on any atom is 0.303 e. The van der Waals surface area contributed by atoms with Gasteiger partial charge < -0.3 is 9.84 Å². The van der Waals surface area contributed by atoms with Gasteiger partial charge in [-0.15, -0.1) is 0 Å². The van der Waals surface area contributed by atoms with Crippen molar-refractivity contribution in [2.75, 3.05) is 6.61 Å². The van der Waals surface area contributed by atoms with E-state index in [0.717, 1.165) is 5.56 Å². The lowest BCUT2D eigenvalue weighted by molar-refractivity contribution is -0.137. The van der Waals surface area contributed by atoms with Crippen molar-refractivity contribution in [1.82, 2.24) is 4.98 Å². The van der Waals surface area contributed by atoms with Crippen molar-refractivity contribution in [2.45, 2.75) is 12.8 Å². The van der Waals surface area contributed by atoms with E-state index in [9.17, 15) is 9.59 Å². The number of carbonyl (C=O) groups is 2. The Morgan fingerprint density at radius 2 is 1.96 bits per heavy atom. The molecule has 1 N–H and O–H groups in total. The molecule has 0 unspecified atom stereocenters. The van der Waals surface area contributed by atoms with Crippen LogP contribution in [-0.2, 0) is 4.79 Å². The van der Waals surface area contributed by atoms with Crippen molar-refractivity contribution in [3.8, 4) is 5.75 Å². The summed E-state index contributed by atoms with van der Waals surface area (Å²) >= 11 is 0. The Labute approximate surface area is 134 Å². The molecule has 5 heteroatoms. The SMILES string of the molecule is O=C(O)CCCOc1ccc(C(=O)/C=C/c2cccnc2)cc1. The third-order valence-corrected chi connectivity index (χ3v) is 3.05. The maximum absolute atomic E-state index is 12.1. The van der Waals surface area contributed by atoms with E-state index < -0.39 is 5.97 Å². The standard InChI is InChI=1S/C18H17NO4/c20-17(10-5-14-3-1-11-19-13-14)15-6-8-16(9-7-15)23-12-2-4-18(21)22/h1,3,5-11,13H,2,4,12H2,(H,21,22)/b10-5+. The lowest BCUT2D eigenvalue weighted by atomic mass is 10.1. The van der Waals surface area contributed by atoms with Crippen LogP contribution in [0.2, 0.25) is 0 Å². The van der Waals surface area contributed by atoms with Crippen LogP contribution in [0.3, 0.4) is 0 Å². The van der Waals surface area contributed by atoms with Gasteiger partial charge in [0.25, 0.3) is 0 Å². The van der Waals surface area contributed by atoms with Gasteiger partial charge in [-0.05, 0) is 54.5 Å². The normalized spacial score (nSPS) is 10.6. The van der Waals surface area contributed by atoms with Crippen molar-refractivity contribution in [1.29, 1.82) is 0 Å². The van der Waals surface area contributed by atoms with E-state index in [1.807, 2.05) is 6.07 Å². The third kappa shape index (κ3) is 5.74. The molecular formula is C18H17NO4. The van der Waals surface area contributed by atoms with Crippen LogP contribution in [0, 0.1) is 0 Å². The number of hydrogen-bond acceptors (Lipinski definition) is 4. The summed E-state index contributed by atoms with van der Waals surface area (Å²) in [4.78, 5) is 26.4. The summed E-state index contributed by atoms with van der Waals surface area (Å²) in [6, 6.07) is 10.4. The molecule has 1 heterocycles. The molecule has 1 aromatic heterocycles.